The van der Waals surface area contributed by atoms with Gasteiger partial charge in [-0.3, -0.25) is 4.99 Å². The molecule has 7 nitrogen and oxygen atoms in total. The van der Waals surface area contributed by atoms with Crippen molar-refractivity contribution in [3.05, 3.63) is 0 Å². The van der Waals surface area contributed by atoms with Crippen molar-refractivity contribution in [1.29, 1.82) is 0 Å². The normalized spacial score (nSPS) is 12.4. The van der Waals surface area contributed by atoms with Crippen LogP contribution in [0.4, 0.5) is 0 Å². The molecule has 0 aliphatic carbocycles. The van der Waals surface area contributed by atoms with Gasteiger partial charge in [0.15, 0.2) is 5.96 Å². The number of unbranched alkanes of at least 4 members (excludes halogenated alkanes) is 1. The second kappa shape index (κ2) is 12.8. The highest BCUT2D eigenvalue weighted by Crippen LogP contribution is 1.89. The number of hydrogen-bond donors (Lipinski definition) is 3. The van der Waals surface area contributed by atoms with Crippen molar-refractivity contribution < 1.29 is 13.2 Å². The molecule has 0 bridgehead atoms. The fourth-order valence-corrected chi connectivity index (χ4v) is 2.02. The van der Waals surface area contributed by atoms with Crippen LogP contribution in [0.25, 0.3) is 0 Å². The van der Waals surface area contributed by atoms with E-state index in [-0.39, 0.29) is 0 Å². The molecule has 3 N–H and O–H groups in total. The Morgan fingerprint density at radius 3 is 2.24 bits per heavy atom. The minimum Gasteiger partial charge on any atom is -0.381 e. The van der Waals surface area contributed by atoms with Crippen molar-refractivity contribution in [2.75, 3.05) is 46.2 Å². The van der Waals surface area contributed by atoms with Gasteiger partial charge in [0.1, 0.15) is 0 Å². The van der Waals surface area contributed by atoms with Crippen LogP contribution in [0.2, 0.25) is 0 Å². The second-order valence-corrected chi connectivity index (χ2v) is 6.60. The highest BCUT2D eigenvalue weighted by atomic mass is 32.2. The zero-order valence-electron chi connectivity index (χ0n) is 13.4. The summed E-state index contributed by atoms with van der Waals surface area (Å²) in [7, 11) is -1.39. The molecule has 0 rings (SSSR count). The van der Waals surface area contributed by atoms with E-state index < -0.39 is 10.0 Å². The summed E-state index contributed by atoms with van der Waals surface area (Å²) in [5.74, 6) is 0.725. The predicted octanol–water partition coefficient (Wildman–Crippen LogP) is 0.298. The largest absolute Gasteiger partial charge is 0.381 e. The van der Waals surface area contributed by atoms with E-state index in [0.717, 1.165) is 51.2 Å². The first-order valence-electron chi connectivity index (χ1n) is 7.46. The molecule has 0 spiro atoms. The highest BCUT2D eigenvalue weighted by Gasteiger charge is 2.00. The van der Waals surface area contributed by atoms with Gasteiger partial charge in [-0.1, -0.05) is 13.3 Å². The number of nitrogens with one attached hydrogen (secondary N) is 3. The van der Waals surface area contributed by atoms with Crippen molar-refractivity contribution in [3.63, 3.8) is 0 Å². The minimum atomic E-state index is -3.10. The topological polar surface area (TPSA) is 91.8 Å². The summed E-state index contributed by atoms with van der Waals surface area (Å²) in [5, 5.41) is 6.32. The molecular formula is C13H30N4O3S. The van der Waals surface area contributed by atoms with Gasteiger partial charge >= 0.3 is 0 Å². The van der Waals surface area contributed by atoms with Crippen LogP contribution < -0.4 is 15.4 Å². The molecule has 0 radical (unpaired) electrons. The number of hydrogen-bond acceptors (Lipinski definition) is 4. The number of guanidine groups is 1. The van der Waals surface area contributed by atoms with Crippen LogP contribution >= 0.6 is 0 Å². The Labute approximate surface area is 129 Å². The average molecular weight is 322 g/mol. The lowest BCUT2D eigenvalue weighted by Crippen LogP contribution is -2.39. The standard InChI is InChI=1S/C13H30N4O3S/c1-4-5-11-20-12-7-9-16-13(14-2)15-8-6-10-17-21(3,18)19/h17H,4-12H2,1-3H3,(H2,14,15,16). The molecule has 0 saturated heterocycles. The maximum Gasteiger partial charge on any atom is 0.208 e. The van der Waals surface area contributed by atoms with Crippen LogP contribution in [0.5, 0.6) is 0 Å². The Morgan fingerprint density at radius 1 is 1.05 bits per heavy atom. The second-order valence-electron chi connectivity index (χ2n) is 4.77. The van der Waals surface area contributed by atoms with Crippen molar-refractivity contribution >= 4 is 16.0 Å². The van der Waals surface area contributed by atoms with E-state index in [1.165, 1.54) is 0 Å². The number of nitrogens with zero attached hydrogens (tertiary/aromatic N) is 1. The van der Waals surface area contributed by atoms with Gasteiger partial charge < -0.3 is 15.4 Å². The summed E-state index contributed by atoms with van der Waals surface area (Å²) in [6.07, 6.45) is 5.05. The van der Waals surface area contributed by atoms with Crippen molar-refractivity contribution in [2.45, 2.75) is 32.6 Å². The third-order valence-corrected chi connectivity index (χ3v) is 3.36. The number of sulfonamides is 1. The molecule has 126 valence electrons. The van der Waals surface area contributed by atoms with Gasteiger partial charge in [-0.2, -0.15) is 0 Å². The molecule has 0 unspecified atom stereocenters. The summed E-state index contributed by atoms with van der Waals surface area (Å²) in [5.41, 5.74) is 0. The Bertz CT molecular complexity index is 372. The highest BCUT2D eigenvalue weighted by molar-refractivity contribution is 7.88. The number of ether oxygens (including phenoxy) is 1. The molecule has 0 aromatic carbocycles. The molecule has 0 aromatic heterocycles. The van der Waals surface area contributed by atoms with Gasteiger partial charge in [0.25, 0.3) is 0 Å². The van der Waals surface area contributed by atoms with Gasteiger partial charge in [0.2, 0.25) is 10.0 Å². The molecule has 0 atom stereocenters. The third kappa shape index (κ3) is 15.3. The Balaban J connectivity index is 3.51. The monoisotopic (exact) mass is 322 g/mol. The summed E-state index contributed by atoms with van der Waals surface area (Å²) in [4.78, 5) is 4.10. The third-order valence-electron chi connectivity index (χ3n) is 2.63. The van der Waals surface area contributed by atoms with E-state index in [9.17, 15) is 8.42 Å². The number of aliphatic imine (C=N–C) groups is 1. The van der Waals surface area contributed by atoms with E-state index in [0.29, 0.717) is 19.5 Å². The first-order chi connectivity index (χ1) is 9.99. The first kappa shape index (κ1) is 20.1. The molecule has 0 aromatic rings. The van der Waals surface area contributed by atoms with Crippen molar-refractivity contribution in [2.24, 2.45) is 4.99 Å². The lowest BCUT2D eigenvalue weighted by molar-refractivity contribution is 0.129. The van der Waals surface area contributed by atoms with E-state index in [1.54, 1.807) is 7.05 Å². The molecule has 0 amide bonds. The molecule has 0 fully saturated rings. The van der Waals surface area contributed by atoms with Gasteiger partial charge in [-0.25, -0.2) is 13.1 Å². The number of rotatable bonds is 12. The van der Waals surface area contributed by atoms with E-state index in [2.05, 4.69) is 27.3 Å². The van der Waals surface area contributed by atoms with Gasteiger partial charge in [-0.05, 0) is 19.3 Å². The van der Waals surface area contributed by atoms with Crippen LogP contribution in [0, 0.1) is 0 Å². The fourth-order valence-electron chi connectivity index (χ4n) is 1.50. The molecule has 0 aliphatic rings. The van der Waals surface area contributed by atoms with E-state index in [4.69, 9.17) is 4.74 Å². The summed E-state index contributed by atoms with van der Waals surface area (Å²) < 4.78 is 29.7. The maximum absolute atomic E-state index is 10.9. The fraction of sp³-hybridized carbons (Fsp3) is 0.923. The minimum absolute atomic E-state index is 0.425. The summed E-state index contributed by atoms with van der Waals surface area (Å²) >= 11 is 0. The van der Waals surface area contributed by atoms with Crippen LogP contribution in [0.1, 0.15) is 32.6 Å². The Kier molecular flexibility index (Phi) is 12.3. The van der Waals surface area contributed by atoms with Crippen molar-refractivity contribution in [1.82, 2.24) is 15.4 Å². The Hall–Kier alpha value is -0.860. The zero-order valence-corrected chi connectivity index (χ0v) is 14.3. The van der Waals surface area contributed by atoms with Gasteiger partial charge in [0, 0.05) is 39.9 Å². The molecule has 8 heteroatoms. The van der Waals surface area contributed by atoms with E-state index in [1.807, 2.05) is 0 Å². The molecule has 21 heavy (non-hydrogen) atoms. The zero-order chi connectivity index (χ0) is 16.0. The lowest BCUT2D eigenvalue weighted by Gasteiger charge is -2.12. The molecule has 0 saturated carbocycles. The quantitative estimate of drug-likeness (QED) is 0.273. The summed E-state index contributed by atoms with van der Waals surface area (Å²) in [6, 6.07) is 0. The lowest BCUT2D eigenvalue weighted by atomic mass is 10.4. The average Bonchev–Trinajstić information content (AvgIpc) is 2.42. The summed E-state index contributed by atoms with van der Waals surface area (Å²) in [6.45, 7) is 5.61. The van der Waals surface area contributed by atoms with Crippen molar-refractivity contribution in [3.8, 4) is 0 Å². The van der Waals surface area contributed by atoms with Crippen LogP contribution in [0.15, 0.2) is 4.99 Å². The first-order valence-corrected chi connectivity index (χ1v) is 9.35. The van der Waals surface area contributed by atoms with Crippen LogP contribution in [-0.4, -0.2) is 60.5 Å². The van der Waals surface area contributed by atoms with Crippen LogP contribution in [0.3, 0.4) is 0 Å². The molecule has 0 heterocycles. The Morgan fingerprint density at radius 2 is 1.67 bits per heavy atom. The SMILES string of the molecule is CCCCOCCCNC(=NC)NCCCNS(C)(=O)=O. The maximum atomic E-state index is 10.9. The van der Waals surface area contributed by atoms with Crippen LogP contribution in [-0.2, 0) is 14.8 Å². The van der Waals surface area contributed by atoms with E-state index >= 15 is 0 Å². The molecular weight excluding hydrogens is 292 g/mol. The van der Waals surface area contributed by atoms with Gasteiger partial charge in [-0.15, -0.1) is 0 Å². The predicted molar refractivity (Wildman–Crippen MR) is 87.2 cm³/mol. The van der Waals surface area contributed by atoms with Gasteiger partial charge in [0.05, 0.1) is 6.26 Å². The smallest absolute Gasteiger partial charge is 0.208 e. The molecule has 0 aliphatic heterocycles.